The number of anilines is 1. The van der Waals surface area contributed by atoms with Gasteiger partial charge >= 0.3 is 6.03 Å². The number of nitrogens with one attached hydrogen (secondary N) is 2. The molecule has 1 aliphatic carbocycles. The Morgan fingerprint density at radius 3 is 2.52 bits per heavy atom. The molecule has 1 saturated carbocycles. The lowest BCUT2D eigenvalue weighted by Crippen LogP contribution is -2.35. The van der Waals surface area contributed by atoms with E-state index in [1.165, 1.54) is 0 Å². The van der Waals surface area contributed by atoms with Gasteiger partial charge in [-0.1, -0.05) is 27.2 Å². The van der Waals surface area contributed by atoms with E-state index < -0.39 is 0 Å². The van der Waals surface area contributed by atoms with Crippen LogP contribution in [-0.2, 0) is 5.41 Å². The Hall–Kier alpha value is -1.69. The number of carbonyl (C=O) groups is 1. The molecule has 0 spiro atoms. The molecule has 116 valence electrons. The Bertz CT molecular complexity index is 481. The van der Waals surface area contributed by atoms with Crippen LogP contribution in [0.4, 0.5) is 10.5 Å². The Labute approximate surface area is 125 Å². The Morgan fingerprint density at radius 2 is 2.00 bits per heavy atom. The van der Waals surface area contributed by atoms with Crippen LogP contribution in [0, 0.1) is 5.92 Å². The van der Waals surface area contributed by atoms with E-state index in [1.54, 1.807) is 12.4 Å². The van der Waals surface area contributed by atoms with Gasteiger partial charge in [0.25, 0.3) is 0 Å². The molecule has 1 aromatic heterocycles. The molecule has 1 heterocycles. The topological polar surface area (TPSA) is 87.1 Å². The summed E-state index contributed by atoms with van der Waals surface area (Å²) in [6.45, 7) is 6.60. The van der Waals surface area contributed by atoms with Crippen molar-refractivity contribution in [3.63, 3.8) is 0 Å². The van der Waals surface area contributed by atoms with Crippen molar-refractivity contribution in [2.24, 2.45) is 5.92 Å². The molecule has 0 aromatic carbocycles. The van der Waals surface area contributed by atoms with Crippen LogP contribution in [0.1, 0.15) is 45.9 Å². The van der Waals surface area contributed by atoms with E-state index in [4.69, 9.17) is 0 Å². The molecule has 0 bridgehead atoms. The number of amides is 2. The molecule has 1 aliphatic rings. The summed E-state index contributed by atoms with van der Waals surface area (Å²) in [6, 6.07) is -0.291. The zero-order valence-electron chi connectivity index (χ0n) is 12.9. The second-order valence-electron chi connectivity index (χ2n) is 6.64. The van der Waals surface area contributed by atoms with Crippen molar-refractivity contribution in [2.45, 2.75) is 51.6 Å². The number of hydrogen-bond donors (Lipinski definition) is 3. The first-order valence-electron chi connectivity index (χ1n) is 7.41. The van der Waals surface area contributed by atoms with E-state index in [1.807, 2.05) is 20.8 Å². The van der Waals surface area contributed by atoms with E-state index in [0.29, 0.717) is 12.2 Å². The molecule has 1 fully saturated rings. The molecule has 0 saturated heterocycles. The maximum atomic E-state index is 11.8. The van der Waals surface area contributed by atoms with Crippen LogP contribution in [-0.4, -0.2) is 33.8 Å². The largest absolute Gasteiger partial charge is 0.393 e. The zero-order valence-corrected chi connectivity index (χ0v) is 12.9. The summed E-state index contributed by atoms with van der Waals surface area (Å²) in [4.78, 5) is 20.3. The van der Waals surface area contributed by atoms with Crippen molar-refractivity contribution in [3.05, 3.63) is 18.2 Å². The first-order valence-corrected chi connectivity index (χ1v) is 7.41. The van der Waals surface area contributed by atoms with Gasteiger partial charge in [-0.25, -0.2) is 14.8 Å². The monoisotopic (exact) mass is 292 g/mol. The predicted octanol–water partition coefficient (Wildman–Crippen LogP) is 2.06. The summed E-state index contributed by atoms with van der Waals surface area (Å²) in [6.07, 6.45) is 5.74. The Morgan fingerprint density at radius 1 is 1.33 bits per heavy atom. The van der Waals surface area contributed by atoms with Crippen molar-refractivity contribution >= 4 is 11.7 Å². The van der Waals surface area contributed by atoms with Gasteiger partial charge in [-0.05, 0) is 12.8 Å². The maximum Gasteiger partial charge on any atom is 0.319 e. The highest BCUT2D eigenvalue weighted by Gasteiger charge is 2.25. The molecule has 6 nitrogen and oxygen atoms in total. The van der Waals surface area contributed by atoms with E-state index in [9.17, 15) is 9.90 Å². The second-order valence-corrected chi connectivity index (χ2v) is 6.64. The van der Waals surface area contributed by atoms with Gasteiger partial charge in [0.05, 0.1) is 24.2 Å². The van der Waals surface area contributed by atoms with Crippen LogP contribution >= 0.6 is 0 Å². The van der Waals surface area contributed by atoms with Gasteiger partial charge in [0.2, 0.25) is 0 Å². The van der Waals surface area contributed by atoms with Gasteiger partial charge < -0.3 is 15.7 Å². The lowest BCUT2D eigenvalue weighted by Gasteiger charge is -2.17. The van der Waals surface area contributed by atoms with E-state index in [2.05, 4.69) is 20.6 Å². The van der Waals surface area contributed by atoms with Crippen molar-refractivity contribution in [3.8, 4) is 0 Å². The van der Waals surface area contributed by atoms with Gasteiger partial charge in [-0.3, -0.25) is 0 Å². The lowest BCUT2D eigenvalue weighted by atomic mass is 9.96. The average Bonchev–Trinajstić information content (AvgIpc) is 2.81. The zero-order chi connectivity index (χ0) is 15.5. The van der Waals surface area contributed by atoms with Gasteiger partial charge in [0.1, 0.15) is 5.82 Å². The second kappa shape index (κ2) is 6.39. The van der Waals surface area contributed by atoms with Crippen LogP contribution in [0.3, 0.4) is 0 Å². The molecule has 21 heavy (non-hydrogen) atoms. The number of rotatable bonds is 3. The highest BCUT2D eigenvalue weighted by atomic mass is 16.3. The van der Waals surface area contributed by atoms with Gasteiger partial charge in [0, 0.05) is 17.9 Å². The first kappa shape index (κ1) is 15.7. The minimum atomic E-state index is -0.292. The minimum Gasteiger partial charge on any atom is -0.393 e. The number of aromatic nitrogens is 2. The fraction of sp³-hybridized carbons (Fsp3) is 0.667. The first-order chi connectivity index (χ1) is 9.86. The fourth-order valence-electron chi connectivity index (χ4n) is 2.43. The molecule has 0 aliphatic heterocycles. The molecule has 0 unspecified atom stereocenters. The summed E-state index contributed by atoms with van der Waals surface area (Å²) in [5, 5.41) is 15.2. The minimum absolute atomic E-state index is 0.112. The number of urea groups is 1. The molecule has 0 radical (unpaired) electrons. The third-order valence-electron chi connectivity index (χ3n) is 3.72. The Balaban J connectivity index is 1.82. The highest BCUT2D eigenvalue weighted by Crippen LogP contribution is 2.24. The molecule has 2 amide bonds. The van der Waals surface area contributed by atoms with Gasteiger partial charge in [-0.2, -0.15) is 0 Å². The van der Waals surface area contributed by atoms with E-state index in [-0.39, 0.29) is 23.5 Å². The van der Waals surface area contributed by atoms with Crippen molar-refractivity contribution in [1.29, 1.82) is 0 Å². The quantitative estimate of drug-likeness (QED) is 0.795. The van der Waals surface area contributed by atoms with Crippen LogP contribution in [0.25, 0.3) is 0 Å². The van der Waals surface area contributed by atoms with Crippen LogP contribution in [0.15, 0.2) is 12.4 Å². The summed E-state index contributed by atoms with van der Waals surface area (Å²) < 4.78 is 0. The molecule has 3 N–H and O–H groups in total. The smallest absolute Gasteiger partial charge is 0.319 e. The van der Waals surface area contributed by atoms with Crippen LogP contribution in [0.2, 0.25) is 0 Å². The van der Waals surface area contributed by atoms with E-state index in [0.717, 1.165) is 25.1 Å². The van der Waals surface area contributed by atoms with Crippen LogP contribution < -0.4 is 10.6 Å². The number of aliphatic hydroxyl groups is 1. The predicted molar refractivity (Wildman–Crippen MR) is 81.1 cm³/mol. The number of nitrogens with zero attached hydrogens (tertiary/aromatic N) is 2. The van der Waals surface area contributed by atoms with Crippen LogP contribution in [0.5, 0.6) is 0 Å². The molecule has 2 rings (SSSR count). The number of aliphatic hydroxyl groups excluding tert-OH is 1. The van der Waals surface area contributed by atoms with Crippen molar-refractivity contribution in [2.75, 3.05) is 11.9 Å². The average molecular weight is 292 g/mol. The number of hydrogen-bond acceptors (Lipinski definition) is 4. The molecule has 2 atom stereocenters. The molecular weight excluding hydrogens is 268 g/mol. The third-order valence-corrected chi connectivity index (χ3v) is 3.72. The highest BCUT2D eigenvalue weighted by molar-refractivity contribution is 5.88. The molecule has 1 aromatic rings. The normalized spacial score (nSPS) is 22.1. The Kier molecular flexibility index (Phi) is 4.77. The van der Waals surface area contributed by atoms with Crippen molar-refractivity contribution in [1.82, 2.24) is 15.3 Å². The molecular formula is C15H24N4O2. The van der Waals surface area contributed by atoms with Gasteiger partial charge in [-0.15, -0.1) is 0 Å². The van der Waals surface area contributed by atoms with Crippen molar-refractivity contribution < 1.29 is 9.90 Å². The SMILES string of the molecule is CC(C)(C)c1ncc(NC(=O)NC[C@@H]2CCC[C@@H]2O)cn1. The lowest BCUT2D eigenvalue weighted by molar-refractivity contribution is 0.133. The molecule has 6 heteroatoms. The summed E-state index contributed by atoms with van der Waals surface area (Å²) >= 11 is 0. The maximum absolute atomic E-state index is 11.8. The van der Waals surface area contributed by atoms with E-state index >= 15 is 0 Å². The fourth-order valence-corrected chi connectivity index (χ4v) is 2.43. The standard InChI is InChI=1S/C15H24N4O2/c1-15(2,3)13-16-8-11(9-17-13)19-14(21)18-7-10-5-4-6-12(10)20/h8-10,12,20H,4-7H2,1-3H3,(H2,18,19,21)/t10-,12-/m0/s1. The van der Waals surface area contributed by atoms with Gasteiger partial charge in [0.15, 0.2) is 0 Å². The summed E-state index contributed by atoms with van der Waals surface area (Å²) in [5.74, 6) is 0.901. The number of carbonyl (C=O) groups excluding carboxylic acids is 1. The third kappa shape index (κ3) is 4.39. The summed E-state index contributed by atoms with van der Waals surface area (Å²) in [5.41, 5.74) is 0.451. The summed E-state index contributed by atoms with van der Waals surface area (Å²) in [7, 11) is 0.